The molecule has 0 saturated heterocycles. The van der Waals surface area contributed by atoms with Crippen molar-refractivity contribution < 1.29 is 17.9 Å². The Balaban J connectivity index is 2.27. The number of alkyl halides is 3. The molecule has 102 valence electrons. The van der Waals surface area contributed by atoms with Gasteiger partial charge in [0, 0.05) is 4.47 Å². The van der Waals surface area contributed by atoms with Crippen molar-refractivity contribution in [2.24, 2.45) is 0 Å². The Kier molecular flexibility index (Phi) is 4.00. The monoisotopic (exact) mass is 341 g/mol. The maximum Gasteiger partial charge on any atom is 0.416 e. The highest BCUT2D eigenvalue weighted by molar-refractivity contribution is 9.10. The van der Waals surface area contributed by atoms with Crippen LogP contribution in [0.3, 0.4) is 0 Å². The molecule has 0 aliphatic heterocycles. The largest absolute Gasteiger partial charge is 0.457 e. The first-order valence-corrected chi connectivity index (χ1v) is 6.24. The first kappa shape index (κ1) is 14.4. The van der Waals surface area contributed by atoms with Crippen LogP contribution < -0.4 is 4.74 Å². The van der Waals surface area contributed by atoms with Crippen LogP contribution in [0.1, 0.15) is 11.1 Å². The van der Waals surface area contributed by atoms with E-state index in [9.17, 15) is 13.2 Å². The molecule has 0 fully saturated rings. The number of halogens is 4. The summed E-state index contributed by atoms with van der Waals surface area (Å²) >= 11 is 3.18. The van der Waals surface area contributed by atoms with Crippen molar-refractivity contribution in [1.29, 1.82) is 5.26 Å². The van der Waals surface area contributed by atoms with E-state index in [2.05, 4.69) is 15.9 Å². The van der Waals surface area contributed by atoms with Crippen LogP contribution in [0, 0.1) is 11.3 Å². The Morgan fingerprint density at radius 1 is 1.05 bits per heavy atom. The number of nitriles is 1. The van der Waals surface area contributed by atoms with Crippen LogP contribution in [0.15, 0.2) is 46.9 Å². The molecule has 0 amide bonds. The van der Waals surface area contributed by atoms with E-state index in [1.807, 2.05) is 6.07 Å². The summed E-state index contributed by atoms with van der Waals surface area (Å²) in [5, 5.41) is 8.78. The van der Waals surface area contributed by atoms with Gasteiger partial charge in [0.15, 0.2) is 0 Å². The zero-order valence-electron chi connectivity index (χ0n) is 9.91. The van der Waals surface area contributed by atoms with Gasteiger partial charge in [0.2, 0.25) is 0 Å². The van der Waals surface area contributed by atoms with Crippen molar-refractivity contribution in [1.82, 2.24) is 0 Å². The Bertz CT molecular complexity index is 677. The van der Waals surface area contributed by atoms with Gasteiger partial charge < -0.3 is 4.74 Å². The van der Waals surface area contributed by atoms with Crippen molar-refractivity contribution in [2.75, 3.05) is 0 Å². The Morgan fingerprint density at radius 3 is 2.35 bits per heavy atom. The van der Waals surface area contributed by atoms with Crippen molar-refractivity contribution in [3.8, 4) is 17.6 Å². The molecule has 2 rings (SSSR count). The molecule has 0 spiro atoms. The lowest BCUT2D eigenvalue weighted by Gasteiger charge is -2.10. The van der Waals surface area contributed by atoms with E-state index in [1.165, 1.54) is 30.3 Å². The molecule has 0 heterocycles. The van der Waals surface area contributed by atoms with Gasteiger partial charge in [0.05, 0.1) is 11.1 Å². The molecule has 6 heteroatoms. The summed E-state index contributed by atoms with van der Waals surface area (Å²) in [6, 6.07) is 11.1. The number of hydrogen-bond acceptors (Lipinski definition) is 2. The number of ether oxygens (including phenoxy) is 1. The molecule has 0 unspecified atom stereocenters. The van der Waals surface area contributed by atoms with Crippen molar-refractivity contribution in [3.63, 3.8) is 0 Å². The van der Waals surface area contributed by atoms with Gasteiger partial charge in [-0.15, -0.1) is 0 Å². The third-order valence-corrected chi connectivity index (χ3v) is 3.11. The van der Waals surface area contributed by atoms with Crippen LogP contribution in [0.4, 0.5) is 13.2 Å². The third-order valence-electron chi connectivity index (χ3n) is 2.46. The highest BCUT2D eigenvalue weighted by Crippen LogP contribution is 2.33. The van der Waals surface area contributed by atoms with Gasteiger partial charge in [0.25, 0.3) is 0 Å². The quantitative estimate of drug-likeness (QED) is 0.758. The van der Waals surface area contributed by atoms with Gasteiger partial charge in [-0.05, 0) is 52.3 Å². The van der Waals surface area contributed by atoms with E-state index in [1.54, 1.807) is 0 Å². The fourth-order valence-electron chi connectivity index (χ4n) is 1.52. The van der Waals surface area contributed by atoms with Gasteiger partial charge in [0.1, 0.15) is 17.6 Å². The van der Waals surface area contributed by atoms with Crippen molar-refractivity contribution in [3.05, 3.63) is 58.1 Å². The average molecular weight is 342 g/mol. The number of benzene rings is 2. The van der Waals surface area contributed by atoms with Gasteiger partial charge in [-0.2, -0.15) is 18.4 Å². The topological polar surface area (TPSA) is 33.0 Å². The van der Waals surface area contributed by atoms with E-state index in [4.69, 9.17) is 10.00 Å². The van der Waals surface area contributed by atoms with Gasteiger partial charge >= 0.3 is 6.18 Å². The maximum absolute atomic E-state index is 12.6. The van der Waals surface area contributed by atoms with E-state index in [-0.39, 0.29) is 5.75 Å². The number of nitrogens with zero attached hydrogens (tertiary/aromatic N) is 1. The molecule has 0 atom stereocenters. The van der Waals surface area contributed by atoms with E-state index >= 15 is 0 Å². The standard InChI is InChI=1S/C14H7BrF3NO/c15-13-7-12(5-4-9(13)8-19)20-11-3-1-2-10(6-11)14(16,17)18/h1-7H. The normalized spacial score (nSPS) is 10.9. The Labute approximate surface area is 121 Å². The molecule has 0 N–H and O–H groups in total. The minimum atomic E-state index is -4.41. The van der Waals surface area contributed by atoms with Gasteiger partial charge in [-0.1, -0.05) is 6.07 Å². The zero-order valence-corrected chi connectivity index (χ0v) is 11.5. The number of rotatable bonds is 2. The molecular weight excluding hydrogens is 335 g/mol. The average Bonchev–Trinajstić information content (AvgIpc) is 2.38. The highest BCUT2D eigenvalue weighted by Gasteiger charge is 2.30. The maximum atomic E-state index is 12.6. The molecule has 0 aliphatic rings. The van der Waals surface area contributed by atoms with E-state index < -0.39 is 11.7 Å². The molecular formula is C14H7BrF3NO. The molecule has 2 aromatic rings. The number of hydrogen-bond donors (Lipinski definition) is 0. The Morgan fingerprint density at radius 2 is 1.75 bits per heavy atom. The minimum Gasteiger partial charge on any atom is -0.457 e. The summed E-state index contributed by atoms with van der Waals surface area (Å²) in [6.07, 6.45) is -4.41. The fraction of sp³-hybridized carbons (Fsp3) is 0.0714. The van der Waals surface area contributed by atoms with Crippen LogP contribution in [0.2, 0.25) is 0 Å². The molecule has 0 radical (unpaired) electrons. The lowest BCUT2D eigenvalue weighted by atomic mass is 10.2. The predicted octanol–water partition coefficient (Wildman–Crippen LogP) is 5.13. The predicted molar refractivity (Wildman–Crippen MR) is 70.4 cm³/mol. The Hall–Kier alpha value is -2.00. The smallest absolute Gasteiger partial charge is 0.416 e. The SMILES string of the molecule is N#Cc1ccc(Oc2cccc(C(F)(F)F)c2)cc1Br. The van der Waals surface area contributed by atoms with E-state index in [0.717, 1.165) is 12.1 Å². The molecule has 20 heavy (non-hydrogen) atoms. The highest BCUT2D eigenvalue weighted by atomic mass is 79.9. The van der Waals surface area contributed by atoms with Crippen LogP contribution >= 0.6 is 15.9 Å². The summed E-state index contributed by atoms with van der Waals surface area (Å²) in [4.78, 5) is 0. The first-order chi connectivity index (χ1) is 9.40. The van der Waals surface area contributed by atoms with Crippen LogP contribution in [0.5, 0.6) is 11.5 Å². The fourth-order valence-corrected chi connectivity index (χ4v) is 1.97. The molecule has 2 nitrogen and oxygen atoms in total. The summed E-state index contributed by atoms with van der Waals surface area (Å²) < 4.78 is 43.6. The van der Waals surface area contributed by atoms with Crippen molar-refractivity contribution in [2.45, 2.75) is 6.18 Å². The minimum absolute atomic E-state index is 0.0800. The summed E-state index contributed by atoms with van der Waals surface area (Å²) in [7, 11) is 0. The van der Waals surface area contributed by atoms with Crippen LogP contribution in [0.25, 0.3) is 0 Å². The molecule has 0 saturated carbocycles. The van der Waals surface area contributed by atoms with Gasteiger partial charge in [-0.25, -0.2) is 0 Å². The second-order valence-electron chi connectivity index (χ2n) is 3.88. The second-order valence-corrected chi connectivity index (χ2v) is 4.74. The first-order valence-electron chi connectivity index (χ1n) is 5.45. The third kappa shape index (κ3) is 3.31. The zero-order chi connectivity index (χ0) is 14.8. The van der Waals surface area contributed by atoms with Crippen LogP contribution in [-0.2, 0) is 6.18 Å². The van der Waals surface area contributed by atoms with Gasteiger partial charge in [-0.3, -0.25) is 0 Å². The summed E-state index contributed by atoms with van der Waals surface area (Å²) in [5.74, 6) is 0.423. The molecule has 0 aliphatic carbocycles. The van der Waals surface area contributed by atoms with Crippen LogP contribution in [-0.4, -0.2) is 0 Å². The summed E-state index contributed by atoms with van der Waals surface area (Å²) in [5.41, 5.74) is -0.357. The van der Waals surface area contributed by atoms with Crippen molar-refractivity contribution >= 4 is 15.9 Å². The lowest BCUT2D eigenvalue weighted by Crippen LogP contribution is -2.04. The second kappa shape index (κ2) is 5.55. The van der Waals surface area contributed by atoms with E-state index in [0.29, 0.717) is 15.8 Å². The molecule has 0 bridgehead atoms. The molecule has 2 aromatic carbocycles. The molecule has 0 aromatic heterocycles. The lowest BCUT2D eigenvalue weighted by molar-refractivity contribution is -0.137. The summed E-state index contributed by atoms with van der Waals surface area (Å²) in [6.45, 7) is 0.